The van der Waals surface area contributed by atoms with Gasteiger partial charge in [0.2, 0.25) is 0 Å². The first-order valence-electron chi connectivity index (χ1n) is 5.81. The molecular formula is C15H16FN. The van der Waals surface area contributed by atoms with Gasteiger partial charge in [0.1, 0.15) is 5.82 Å². The Bertz CT molecular complexity index is 503. The Labute approximate surface area is 101 Å². The van der Waals surface area contributed by atoms with Crippen LogP contribution in [0.25, 0.3) is 0 Å². The molecular weight excluding hydrogens is 213 g/mol. The van der Waals surface area contributed by atoms with Gasteiger partial charge in [-0.2, -0.15) is 0 Å². The lowest BCUT2D eigenvalue weighted by atomic mass is 10.1. The summed E-state index contributed by atoms with van der Waals surface area (Å²) in [6.45, 7) is 4.06. The predicted octanol–water partition coefficient (Wildman–Crippen LogP) is 4.44. The van der Waals surface area contributed by atoms with Crippen LogP contribution >= 0.6 is 0 Å². The average Bonchev–Trinajstić information content (AvgIpc) is 2.35. The molecule has 0 saturated heterocycles. The van der Waals surface area contributed by atoms with Crippen molar-refractivity contribution in [1.82, 2.24) is 0 Å². The summed E-state index contributed by atoms with van der Waals surface area (Å²) in [5, 5.41) is 3.09. The zero-order valence-electron chi connectivity index (χ0n) is 10.1. The summed E-state index contributed by atoms with van der Waals surface area (Å²) in [4.78, 5) is 0. The predicted molar refractivity (Wildman–Crippen MR) is 70.2 cm³/mol. The lowest BCUT2D eigenvalue weighted by Gasteiger charge is -2.09. The SMILES string of the molecule is CCc1ccc(Nc2cc(C)ccc2F)cc1. The second-order valence-corrected chi connectivity index (χ2v) is 4.16. The molecule has 0 aromatic heterocycles. The molecule has 0 aliphatic heterocycles. The summed E-state index contributed by atoms with van der Waals surface area (Å²) >= 11 is 0. The van der Waals surface area contributed by atoms with Gasteiger partial charge < -0.3 is 5.32 Å². The number of rotatable bonds is 3. The molecule has 0 amide bonds. The first kappa shape index (κ1) is 11.6. The molecule has 1 nitrogen and oxygen atoms in total. The van der Waals surface area contributed by atoms with E-state index < -0.39 is 0 Å². The largest absolute Gasteiger partial charge is 0.353 e. The highest BCUT2D eigenvalue weighted by atomic mass is 19.1. The Kier molecular flexibility index (Phi) is 3.43. The summed E-state index contributed by atoms with van der Waals surface area (Å²) in [5.41, 5.74) is 3.75. The van der Waals surface area contributed by atoms with Crippen molar-refractivity contribution >= 4 is 11.4 Å². The number of hydrogen-bond acceptors (Lipinski definition) is 1. The van der Waals surface area contributed by atoms with Crippen molar-refractivity contribution in [1.29, 1.82) is 0 Å². The van der Waals surface area contributed by atoms with Gasteiger partial charge in [-0.15, -0.1) is 0 Å². The molecule has 0 heterocycles. The molecule has 0 fully saturated rings. The number of benzene rings is 2. The van der Waals surface area contributed by atoms with Crippen LogP contribution in [-0.4, -0.2) is 0 Å². The monoisotopic (exact) mass is 229 g/mol. The molecule has 0 radical (unpaired) electrons. The molecule has 2 rings (SSSR count). The van der Waals surface area contributed by atoms with Crippen molar-refractivity contribution < 1.29 is 4.39 Å². The molecule has 2 aromatic rings. The van der Waals surface area contributed by atoms with Crippen molar-refractivity contribution in [3.63, 3.8) is 0 Å². The van der Waals surface area contributed by atoms with Crippen LogP contribution in [0.1, 0.15) is 18.1 Å². The molecule has 2 heteroatoms. The third-order valence-electron chi connectivity index (χ3n) is 2.76. The number of halogens is 1. The molecule has 17 heavy (non-hydrogen) atoms. The average molecular weight is 229 g/mol. The Morgan fingerprint density at radius 2 is 1.76 bits per heavy atom. The van der Waals surface area contributed by atoms with Crippen molar-refractivity contribution in [3.8, 4) is 0 Å². The van der Waals surface area contributed by atoms with E-state index in [1.54, 1.807) is 6.07 Å². The molecule has 0 aliphatic carbocycles. The maximum absolute atomic E-state index is 13.5. The minimum Gasteiger partial charge on any atom is -0.353 e. The van der Waals surface area contributed by atoms with E-state index in [2.05, 4.69) is 24.4 Å². The molecule has 0 saturated carbocycles. The summed E-state index contributed by atoms with van der Waals surface area (Å²) < 4.78 is 13.5. The van der Waals surface area contributed by atoms with E-state index in [-0.39, 0.29) is 5.82 Å². The van der Waals surface area contributed by atoms with Crippen LogP contribution in [0.3, 0.4) is 0 Å². The van der Waals surface area contributed by atoms with Gasteiger partial charge >= 0.3 is 0 Å². The fourth-order valence-corrected chi connectivity index (χ4v) is 1.71. The van der Waals surface area contributed by atoms with Gasteiger partial charge in [0, 0.05) is 5.69 Å². The summed E-state index contributed by atoms with van der Waals surface area (Å²) in [5.74, 6) is -0.227. The molecule has 1 N–H and O–H groups in total. The van der Waals surface area contributed by atoms with Gasteiger partial charge in [0.05, 0.1) is 5.69 Å². The molecule has 0 unspecified atom stereocenters. The number of anilines is 2. The lowest BCUT2D eigenvalue weighted by molar-refractivity contribution is 0.631. The minimum absolute atomic E-state index is 0.227. The summed E-state index contributed by atoms with van der Waals surface area (Å²) in [6, 6.07) is 13.1. The maximum atomic E-state index is 13.5. The van der Waals surface area contributed by atoms with Crippen LogP contribution in [0.15, 0.2) is 42.5 Å². The number of hydrogen-bond donors (Lipinski definition) is 1. The van der Waals surface area contributed by atoms with Gasteiger partial charge in [-0.05, 0) is 48.7 Å². The highest BCUT2D eigenvalue weighted by Crippen LogP contribution is 2.21. The quantitative estimate of drug-likeness (QED) is 0.820. The van der Waals surface area contributed by atoms with E-state index in [9.17, 15) is 4.39 Å². The summed E-state index contributed by atoms with van der Waals surface area (Å²) in [7, 11) is 0. The van der Waals surface area contributed by atoms with Crippen LogP contribution in [0.4, 0.5) is 15.8 Å². The van der Waals surface area contributed by atoms with Crippen molar-refractivity contribution in [3.05, 3.63) is 59.4 Å². The molecule has 88 valence electrons. The van der Waals surface area contributed by atoms with Crippen LogP contribution in [-0.2, 0) is 6.42 Å². The van der Waals surface area contributed by atoms with E-state index in [4.69, 9.17) is 0 Å². The zero-order valence-corrected chi connectivity index (χ0v) is 10.1. The molecule has 0 spiro atoms. The van der Waals surface area contributed by atoms with Crippen LogP contribution < -0.4 is 5.32 Å². The standard InChI is InChI=1S/C15H16FN/c1-3-12-5-7-13(8-6-12)17-15-10-11(2)4-9-14(15)16/h4-10,17H,3H2,1-2H3. The minimum atomic E-state index is -0.227. The van der Waals surface area contributed by atoms with Gasteiger partial charge in [-0.25, -0.2) is 4.39 Å². The second kappa shape index (κ2) is 5.00. The lowest BCUT2D eigenvalue weighted by Crippen LogP contribution is -1.94. The first-order valence-corrected chi connectivity index (χ1v) is 5.81. The maximum Gasteiger partial charge on any atom is 0.146 e. The highest BCUT2D eigenvalue weighted by molar-refractivity contribution is 5.61. The van der Waals surface area contributed by atoms with Crippen LogP contribution in [0, 0.1) is 12.7 Å². The van der Waals surface area contributed by atoms with Gasteiger partial charge in [0.15, 0.2) is 0 Å². The Hall–Kier alpha value is -1.83. The van der Waals surface area contributed by atoms with Crippen LogP contribution in [0.5, 0.6) is 0 Å². The number of aryl methyl sites for hydroxylation is 2. The van der Waals surface area contributed by atoms with Crippen LogP contribution in [0.2, 0.25) is 0 Å². The fourth-order valence-electron chi connectivity index (χ4n) is 1.71. The molecule has 0 atom stereocenters. The van der Waals surface area contributed by atoms with Gasteiger partial charge in [-0.1, -0.05) is 25.1 Å². The second-order valence-electron chi connectivity index (χ2n) is 4.16. The van der Waals surface area contributed by atoms with E-state index >= 15 is 0 Å². The summed E-state index contributed by atoms with van der Waals surface area (Å²) in [6.07, 6.45) is 1.01. The fraction of sp³-hybridized carbons (Fsp3) is 0.200. The molecule has 2 aromatic carbocycles. The zero-order chi connectivity index (χ0) is 12.3. The normalized spacial score (nSPS) is 10.3. The van der Waals surface area contributed by atoms with E-state index in [1.165, 1.54) is 11.6 Å². The Balaban J connectivity index is 2.22. The Morgan fingerprint density at radius 1 is 1.06 bits per heavy atom. The third kappa shape index (κ3) is 2.84. The highest BCUT2D eigenvalue weighted by Gasteiger charge is 2.02. The van der Waals surface area contributed by atoms with E-state index in [0.29, 0.717) is 5.69 Å². The van der Waals surface area contributed by atoms with Crippen molar-refractivity contribution in [2.45, 2.75) is 20.3 Å². The van der Waals surface area contributed by atoms with Gasteiger partial charge in [-0.3, -0.25) is 0 Å². The molecule has 0 bridgehead atoms. The first-order chi connectivity index (χ1) is 8.19. The van der Waals surface area contributed by atoms with E-state index in [0.717, 1.165) is 17.7 Å². The number of nitrogens with one attached hydrogen (secondary N) is 1. The Morgan fingerprint density at radius 3 is 2.41 bits per heavy atom. The molecule has 0 aliphatic rings. The van der Waals surface area contributed by atoms with Crippen molar-refractivity contribution in [2.75, 3.05) is 5.32 Å². The topological polar surface area (TPSA) is 12.0 Å². The third-order valence-corrected chi connectivity index (χ3v) is 2.76. The van der Waals surface area contributed by atoms with E-state index in [1.807, 2.05) is 25.1 Å². The smallest absolute Gasteiger partial charge is 0.146 e. The van der Waals surface area contributed by atoms with Crippen molar-refractivity contribution in [2.24, 2.45) is 0 Å². The van der Waals surface area contributed by atoms with Gasteiger partial charge in [0.25, 0.3) is 0 Å².